The fourth-order valence-electron chi connectivity index (χ4n) is 2.55. The van der Waals surface area contributed by atoms with Gasteiger partial charge in [0, 0.05) is 12.1 Å². The third kappa shape index (κ3) is 4.67. The van der Waals surface area contributed by atoms with E-state index in [0.29, 0.717) is 12.1 Å². The normalized spacial score (nSPS) is 13.2. The monoisotopic (exact) mass is 262 g/mol. The van der Waals surface area contributed by atoms with E-state index in [1.54, 1.807) is 0 Å². The molecule has 1 aromatic rings. The van der Waals surface area contributed by atoms with Crippen LogP contribution >= 0.6 is 0 Å². The Balaban J connectivity index is 2.73. The van der Waals surface area contributed by atoms with Gasteiger partial charge in [0.15, 0.2) is 0 Å². The zero-order chi connectivity index (χ0) is 14.4. The smallest absolute Gasteiger partial charge is 0.225 e. The molecule has 0 bridgehead atoms. The van der Waals surface area contributed by atoms with Crippen LogP contribution in [0, 0.1) is 0 Å². The first-order chi connectivity index (χ1) is 8.93. The van der Waals surface area contributed by atoms with Gasteiger partial charge in [-0.15, -0.1) is 0 Å². The number of nitrogens with zero attached hydrogens (tertiary/aromatic N) is 1. The molecule has 1 amide bonds. The predicted octanol–water partition coefficient (Wildman–Crippen LogP) is 2.76. The molecule has 2 N–H and O–H groups in total. The summed E-state index contributed by atoms with van der Waals surface area (Å²) in [4.78, 5) is 14.0. The van der Waals surface area contributed by atoms with Gasteiger partial charge < -0.3 is 5.73 Å². The van der Waals surface area contributed by atoms with Crippen LogP contribution in [0.5, 0.6) is 0 Å². The van der Waals surface area contributed by atoms with Gasteiger partial charge in [0.05, 0.1) is 5.92 Å². The molecular weight excluding hydrogens is 236 g/mol. The molecule has 1 atom stereocenters. The lowest BCUT2D eigenvalue weighted by Crippen LogP contribution is -2.39. The standard InChI is InChI=1S/C16H26N2O/c1-12(2)18(13(3)4)11-10-15(16(17)19)14-8-6-5-7-9-14/h5-9,12-13,15H,10-11H2,1-4H3,(H2,17,19). The average Bonchev–Trinajstić information content (AvgIpc) is 2.34. The van der Waals surface area contributed by atoms with Gasteiger partial charge in [0.1, 0.15) is 0 Å². The molecule has 0 fully saturated rings. The van der Waals surface area contributed by atoms with E-state index in [4.69, 9.17) is 5.73 Å². The van der Waals surface area contributed by atoms with Crippen LogP contribution in [0.3, 0.4) is 0 Å². The maximum atomic E-state index is 11.7. The third-order valence-electron chi connectivity index (χ3n) is 3.55. The van der Waals surface area contributed by atoms with Crippen molar-refractivity contribution in [2.45, 2.75) is 52.1 Å². The van der Waals surface area contributed by atoms with E-state index in [2.05, 4.69) is 32.6 Å². The maximum Gasteiger partial charge on any atom is 0.225 e. The van der Waals surface area contributed by atoms with Crippen LogP contribution in [-0.4, -0.2) is 29.4 Å². The lowest BCUT2D eigenvalue weighted by atomic mass is 9.94. The fourth-order valence-corrected chi connectivity index (χ4v) is 2.55. The van der Waals surface area contributed by atoms with Gasteiger partial charge in [-0.05, 0) is 46.2 Å². The van der Waals surface area contributed by atoms with Gasteiger partial charge in [-0.2, -0.15) is 0 Å². The molecule has 3 nitrogen and oxygen atoms in total. The summed E-state index contributed by atoms with van der Waals surface area (Å²) in [6.07, 6.45) is 0.774. The number of primary amides is 1. The molecule has 0 heterocycles. The molecule has 0 saturated heterocycles. The highest BCUT2D eigenvalue weighted by molar-refractivity contribution is 5.81. The van der Waals surface area contributed by atoms with Crippen LogP contribution in [0.25, 0.3) is 0 Å². The van der Waals surface area contributed by atoms with Crippen molar-refractivity contribution in [3.05, 3.63) is 35.9 Å². The van der Waals surface area contributed by atoms with Crippen molar-refractivity contribution in [2.75, 3.05) is 6.54 Å². The largest absolute Gasteiger partial charge is 0.369 e. The minimum Gasteiger partial charge on any atom is -0.369 e. The Morgan fingerprint density at radius 2 is 1.63 bits per heavy atom. The van der Waals surface area contributed by atoms with Crippen molar-refractivity contribution in [2.24, 2.45) is 5.73 Å². The Hall–Kier alpha value is -1.35. The molecule has 106 valence electrons. The summed E-state index contributed by atoms with van der Waals surface area (Å²) in [7, 11) is 0. The van der Waals surface area contributed by atoms with Crippen LogP contribution < -0.4 is 5.73 Å². The molecule has 1 aromatic carbocycles. The van der Waals surface area contributed by atoms with E-state index in [0.717, 1.165) is 18.5 Å². The van der Waals surface area contributed by atoms with E-state index in [1.807, 2.05) is 30.3 Å². The molecule has 19 heavy (non-hydrogen) atoms. The number of carbonyl (C=O) groups excluding carboxylic acids is 1. The maximum absolute atomic E-state index is 11.7. The van der Waals surface area contributed by atoms with E-state index in [-0.39, 0.29) is 11.8 Å². The summed E-state index contributed by atoms with van der Waals surface area (Å²) >= 11 is 0. The van der Waals surface area contributed by atoms with Gasteiger partial charge in [0.2, 0.25) is 5.91 Å². The quantitative estimate of drug-likeness (QED) is 0.821. The van der Waals surface area contributed by atoms with Crippen molar-refractivity contribution in [3.8, 4) is 0 Å². The van der Waals surface area contributed by atoms with Crippen molar-refractivity contribution >= 4 is 5.91 Å². The fraction of sp³-hybridized carbons (Fsp3) is 0.562. The Morgan fingerprint density at radius 1 is 1.11 bits per heavy atom. The highest BCUT2D eigenvalue weighted by atomic mass is 16.1. The van der Waals surface area contributed by atoms with E-state index in [9.17, 15) is 4.79 Å². The molecule has 3 heteroatoms. The van der Waals surface area contributed by atoms with Crippen LogP contribution in [0.4, 0.5) is 0 Å². The molecule has 0 saturated carbocycles. The average molecular weight is 262 g/mol. The lowest BCUT2D eigenvalue weighted by Gasteiger charge is -2.31. The van der Waals surface area contributed by atoms with Crippen molar-refractivity contribution in [1.82, 2.24) is 4.90 Å². The molecule has 1 unspecified atom stereocenters. The number of rotatable bonds is 7. The second-order valence-corrected chi connectivity index (χ2v) is 5.58. The van der Waals surface area contributed by atoms with Gasteiger partial charge in [-0.25, -0.2) is 0 Å². The molecule has 0 aliphatic rings. The molecule has 0 radical (unpaired) electrons. The summed E-state index contributed by atoms with van der Waals surface area (Å²) in [5, 5.41) is 0. The Labute approximate surface area is 116 Å². The summed E-state index contributed by atoms with van der Waals surface area (Å²) in [5.74, 6) is -0.431. The van der Waals surface area contributed by atoms with Crippen LogP contribution in [0.1, 0.15) is 45.6 Å². The summed E-state index contributed by atoms with van der Waals surface area (Å²) < 4.78 is 0. The minimum absolute atomic E-state index is 0.193. The van der Waals surface area contributed by atoms with Crippen LogP contribution in [0.15, 0.2) is 30.3 Å². The first-order valence-corrected chi connectivity index (χ1v) is 7.03. The SMILES string of the molecule is CC(C)N(CCC(C(N)=O)c1ccccc1)C(C)C. The topological polar surface area (TPSA) is 46.3 Å². The molecule has 0 aromatic heterocycles. The first-order valence-electron chi connectivity index (χ1n) is 7.03. The molecule has 0 spiro atoms. The minimum atomic E-state index is -0.237. The van der Waals surface area contributed by atoms with Gasteiger partial charge >= 0.3 is 0 Å². The van der Waals surface area contributed by atoms with Crippen LogP contribution in [-0.2, 0) is 4.79 Å². The van der Waals surface area contributed by atoms with Gasteiger partial charge in [0.25, 0.3) is 0 Å². The lowest BCUT2D eigenvalue weighted by molar-refractivity contribution is -0.119. The van der Waals surface area contributed by atoms with Crippen molar-refractivity contribution in [1.29, 1.82) is 0 Å². The first kappa shape index (κ1) is 15.7. The summed E-state index contributed by atoms with van der Waals surface area (Å²) in [5.41, 5.74) is 6.57. The Bertz CT molecular complexity index is 379. The number of carbonyl (C=O) groups is 1. The van der Waals surface area contributed by atoms with Crippen molar-refractivity contribution < 1.29 is 4.79 Å². The van der Waals surface area contributed by atoms with E-state index >= 15 is 0 Å². The molecular formula is C16H26N2O. The Kier molecular flexibility index (Phi) is 6.03. The summed E-state index contributed by atoms with van der Waals surface area (Å²) in [6, 6.07) is 10.8. The number of benzene rings is 1. The van der Waals surface area contributed by atoms with Gasteiger partial charge in [-0.3, -0.25) is 9.69 Å². The second kappa shape index (κ2) is 7.29. The Morgan fingerprint density at radius 3 is 2.05 bits per heavy atom. The highest BCUT2D eigenvalue weighted by Gasteiger charge is 2.21. The number of hydrogen-bond acceptors (Lipinski definition) is 2. The number of nitrogens with two attached hydrogens (primary N) is 1. The zero-order valence-electron chi connectivity index (χ0n) is 12.5. The third-order valence-corrected chi connectivity index (χ3v) is 3.55. The predicted molar refractivity (Wildman–Crippen MR) is 80.0 cm³/mol. The summed E-state index contributed by atoms with van der Waals surface area (Å²) in [6.45, 7) is 9.62. The highest BCUT2D eigenvalue weighted by Crippen LogP contribution is 2.20. The molecule has 0 aliphatic carbocycles. The number of hydrogen-bond donors (Lipinski definition) is 1. The van der Waals surface area contributed by atoms with Gasteiger partial charge in [-0.1, -0.05) is 30.3 Å². The number of amides is 1. The molecule has 0 aliphatic heterocycles. The van der Waals surface area contributed by atoms with E-state index in [1.165, 1.54) is 0 Å². The molecule has 1 rings (SSSR count). The van der Waals surface area contributed by atoms with Crippen LogP contribution in [0.2, 0.25) is 0 Å². The van der Waals surface area contributed by atoms with E-state index < -0.39 is 0 Å². The van der Waals surface area contributed by atoms with Crippen molar-refractivity contribution in [3.63, 3.8) is 0 Å². The zero-order valence-corrected chi connectivity index (χ0v) is 12.5. The second-order valence-electron chi connectivity index (χ2n) is 5.58.